The molecule has 0 spiro atoms. The molecule has 6 nitrogen and oxygen atoms in total. The molecule has 0 saturated carbocycles. The molecule has 0 fully saturated rings. The van der Waals surface area contributed by atoms with Crippen molar-refractivity contribution in [1.29, 1.82) is 0 Å². The molecule has 0 bridgehead atoms. The number of hydrogen-bond acceptors (Lipinski definition) is 5. The van der Waals surface area contributed by atoms with E-state index in [2.05, 4.69) is 15.3 Å². The van der Waals surface area contributed by atoms with Gasteiger partial charge in [0.1, 0.15) is 5.69 Å². The first-order chi connectivity index (χ1) is 8.95. The summed E-state index contributed by atoms with van der Waals surface area (Å²) in [7, 11) is 1.88. The SMILES string of the molecule is Cc1nnc(Oc2c(C)nn(C)c2C)c(CN)c1C. The Hall–Kier alpha value is -1.95. The number of ether oxygens (including phenoxy) is 1. The Balaban J connectivity index is 2.47. The van der Waals surface area contributed by atoms with E-state index in [1.807, 2.05) is 34.7 Å². The van der Waals surface area contributed by atoms with Crippen LogP contribution in [0.4, 0.5) is 0 Å². The molecule has 0 atom stereocenters. The lowest BCUT2D eigenvalue weighted by atomic mass is 10.1. The zero-order valence-electron chi connectivity index (χ0n) is 12.0. The van der Waals surface area contributed by atoms with Crippen LogP contribution in [0.1, 0.15) is 28.2 Å². The molecule has 0 amide bonds. The number of nitrogens with two attached hydrogens (primary N) is 1. The molecule has 2 aromatic heterocycles. The molecule has 102 valence electrons. The number of aromatic nitrogens is 4. The zero-order valence-corrected chi connectivity index (χ0v) is 12.0. The molecular weight excluding hydrogens is 242 g/mol. The van der Waals surface area contributed by atoms with Crippen molar-refractivity contribution in [2.75, 3.05) is 0 Å². The average molecular weight is 261 g/mol. The Morgan fingerprint density at radius 1 is 1.11 bits per heavy atom. The fourth-order valence-corrected chi connectivity index (χ4v) is 1.96. The fraction of sp³-hybridized carbons (Fsp3) is 0.462. The van der Waals surface area contributed by atoms with E-state index in [1.54, 1.807) is 4.68 Å². The van der Waals surface area contributed by atoms with E-state index in [0.717, 1.165) is 34.0 Å². The second-order valence-corrected chi connectivity index (χ2v) is 4.62. The summed E-state index contributed by atoms with van der Waals surface area (Å²) < 4.78 is 7.66. The lowest BCUT2D eigenvalue weighted by Crippen LogP contribution is -2.07. The van der Waals surface area contributed by atoms with Gasteiger partial charge in [-0.05, 0) is 33.3 Å². The van der Waals surface area contributed by atoms with Crippen LogP contribution in [0, 0.1) is 27.7 Å². The summed E-state index contributed by atoms with van der Waals surface area (Å²) in [6, 6.07) is 0. The Bertz CT molecular complexity index is 618. The average Bonchev–Trinajstić information content (AvgIpc) is 2.61. The third kappa shape index (κ3) is 2.31. The molecular formula is C13H19N5O. The van der Waals surface area contributed by atoms with E-state index in [1.165, 1.54) is 0 Å². The van der Waals surface area contributed by atoms with E-state index < -0.39 is 0 Å². The predicted molar refractivity (Wildman–Crippen MR) is 72.2 cm³/mol. The molecule has 2 heterocycles. The Morgan fingerprint density at radius 2 is 1.79 bits per heavy atom. The zero-order chi connectivity index (χ0) is 14.2. The van der Waals surface area contributed by atoms with Crippen LogP contribution in [-0.2, 0) is 13.6 Å². The van der Waals surface area contributed by atoms with Gasteiger partial charge in [0.15, 0.2) is 5.75 Å². The van der Waals surface area contributed by atoms with E-state index in [0.29, 0.717) is 12.4 Å². The first-order valence-corrected chi connectivity index (χ1v) is 6.16. The van der Waals surface area contributed by atoms with Gasteiger partial charge in [-0.1, -0.05) is 0 Å². The highest BCUT2D eigenvalue weighted by Crippen LogP contribution is 2.30. The van der Waals surface area contributed by atoms with Gasteiger partial charge in [-0.3, -0.25) is 4.68 Å². The highest BCUT2D eigenvalue weighted by molar-refractivity contribution is 5.40. The van der Waals surface area contributed by atoms with Gasteiger partial charge in [0, 0.05) is 19.2 Å². The molecule has 0 aliphatic rings. The summed E-state index contributed by atoms with van der Waals surface area (Å²) >= 11 is 0. The van der Waals surface area contributed by atoms with Crippen molar-refractivity contribution >= 4 is 0 Å². The standard InChI is InChI=1S/C13H19N5O/c1-7-8(2)15-16-13(11(7)6-14)19-12-9(3)17-18(5)10(12)4/h6,14H2,1-5H3. The largest absolute Gasteiger partial charge is 0.433 e. The quantitative estimate of drug-likeness (QED) is 0.909. The van der Waals surface area contributed by atoms with Crippen LogP contribution in [0.2, 0.25) is 0 Å². The normalized spacial score (nSPS) is 10.8. The maximum Gasteiger partial charge on any atom is 0.243 e. The van der Waals surface area contributed by atoms with Gasteiger partial charge in [0.25, 0.3) is 0 Å². The minimum Gasteiger partial charge on any atom is -0.433 e. The molecule has 2 rings (SSSR count). The second kappa shape index (κ2) is 4.97. The molecule has 0 radical (unpaired) electrons. The molecule has 2 N–H and O–H groups in total. The molecule has 0 unspecified atom stereocenters. The molecule has 0 aromatic carbocycles. The fourth-order valence-electron chi connectivity index (χ4n) is 1.96. The molecule has 2 aromatic rings. The lowest BCUT2D eigenvalue weighted by molar-refractivity contribution is 0.439. The van der Waals surface area contributed by atoms with Crippen LogP contribution in [-0.4, -0.2) is 20.0 Å². The van der Waals surface area contributed by atoms with E-state index in [-0.39, 0.29) is 0 Å². The summed E-state index contributed by atoms with van der Waals surface area (Å²) in [4.78, 5) is 0. The van der Waals surface area contributed by atoms with E-state index >= 15 is 0 Å². The highest BCUT2D eigenvalue weighted by Gasteiger charge is 2.16. The summed E-state index contributed by atoms with van der Waals surface area (Å²) in [5.41, 5.74) is 10.3. The van der Waals surface area contributed by atoms with Gasteiger partial charge in [-0.15, -0.1) is 5.10 Å². The number of nitrogens with zero attached hydrogens (tertiary/aromatic N) is 4. The number of rotatable bonds is 3. The van der Waals surface area contributed by atoms with Crippen molar-refractivity contribution in [1.82, 2.24) is 20.0 Å². The Morgan fingerprint density at radius 3 is 2.32 bits per heavy atom. The Kier molecular flexibility index (Phi) is 3.53. The number of hydrogen-bond donors (Lipinski definition) is 1. The van der Waals surface area contributed by atoms with Crippen molar-refractivity contribution < 1.29 is 4.74 Å². The first-order valence-electron chi connectivity index (χ1n) is 6.16. The van der Waals surface area contributed by atoms with Gasteiger partial charge in [-0.25, -0.2) is 0 Å². The summed E-state index contributed by atoms with van der Waals surface area (Å²) in [5, 5.41) is 12.5. The van der Waals surface area contributed by atoms with Gasteiger partial charge in [0.2, 0.25) is 5.88 Å². The first kappa shape index (κ1) is 13.5. The minimum absolute atomic E-state index is 0.371. The Labute approximate surface area is 112 Å². The maximum atomic E-state index is 5.88. The van der Waals surface area contributed by atoms with Crippen molar-refractivity contribution in [3.63, 3.8) is 0 Å². The maximum absolute atomic E-state index is 5.88. The van der Waals surface area contributed by atoms with Crippen molar-refractivity contribution in [2.45, 2.75) is 34.2 Å². The minimum atomic E-state index is 0.371. The smallest absolute Gasteiger partial charge is 0.243 e. The summed E-state index contributed by atoms with van der Waals surface area (Å²) in [5.74, 6) is 1.18. The van der Waals surface area contributed by atoms with Crippen molar-refractivity contribution in [2.24, 2.45) is 12.8 Å². The van der Waals surface area contributed by atoms with E-state index in [9.17, 15) is 0 Å². The van der Waals surface area contributed by atoms with Gasteiger partial charge in [-0.2, -0.15) is 10.2 Å². The monoisotopic (exact) mass is 261 g/mol. The summed E-state index contributed by atoms with van der Waals surface area (Å²) in [6.07, 6.45) is 0. The molecule has 0 aliphatic heterocycles. The van der Waals surface area contributed by atoms with Crippen LogP contribution in [0.3, 0.4) is 0 Å². The van der Waals surface area contributed by atoms with Crippen LogP contribution < -0.4 is 10.5 Å². The van der Waals surface area contributed by atoms with Gasteiger partial charge >= 0.3 is 0 Å². The third-order valence-corrected chi connectivity index (χ3v) is 3.39. The predicted octanol–water partition coefficient (Wildman–Crippen LogP) is 1.69. The molecule has 6 heteroatoms. The van der Waals surface area contributed by atoms with E-state index in [4.69, 9.17) is 10.5 Å². The van der Waals surface area contributed by atoms with Gasteiger partial charge < -0.3 is 10.5 Å². The molecule has 0 aliphatic carbocycles. The lowest BCUT2D eigenvalue weighted by Gasteiger charge is -2.12. The topological polar surface area (TPSA) is 78.9 Å². The summed E-state index contributed by atoms with van der Waals surface area (Å²) in [6.45, 7) is 8.11. The molecule has 0 saturated heterocycles. The van der Waals surface area contributed by atoms with Crippen molar-refractivity contribution in [3.05, 3.63) is 28.2 Å². The van der Waals surface area contributed by atoms with Crippen LogP contribution in [0.5, 0.6) is 11.6 Å². The number of aryl methyl sites for hydroxylation is 3. The van der Waals surface area contributed by atoms with Crippen LogP contribution in [0.25, 0.3) is 0 Å². The third-order valence-electron chi connectivity index (χ3n) is 3.39. The molecule has 19 heavy (non-hydrogen) atoms. The van der Waals surface area contributed by atoms with Crippen LogP contribution in [0.15, 0.2) is 0 Å². The highest BCUT2D eigenvalue weighted by atomic mass is 16.5. The second-order valence-electron chi connectivity index (χ2n) is 4.62. The van der Waals surface area contributed by atoms with Gasteiger partial charge in [0.05, 0.1) is 11.4 Å². The van der Waals surface area contributed by atoms with Crippen LogP contribution >= 0.6 is 0 Å². The van der Waals surface area contributed by atoms with Crippen molar-refractivity contribution in [3.8, 4) is 11.6 Å².